The summed E-state index contributed by atoms with van der Waals surface area (Å²) in [7, 11) is 0. The predicted octanol–water partition coefficient (Wildman–Crippen LogP) is 0.763. The number of hydrogen-bond donors (Lipinski definition) is 2. The van der Waals surface area contributed by atoms with E-state index in [1.807, 2.05) is 11.8 Å². The standard InChI is InChI=1S/C16H27N3O3S/c1-12-5-6-16(22)19(12)8-7-17-14(20)10-23-11-15(21)18-9-13-3-2-4-13/h12-13H,2-11H2,1H3,(H,17,20)(H,18,21)/t12-/m0/s1. The Balaban J connectivity index is 1.48. The molecule has 0 spiro atoms. The van der Waals surface area contributed by atoms with Gasteiger partial charge in [0, 0.05) is 32.1 Å². The van der Waals surface area contributed by atoms with Crippen LogP contribution in [0.3, 0.4) is 0 Å². The molecule has 7 heteroatoms. The Kier molecular flexibility index (Phi) is 7.20. The van der Waals surface area contributed by atoms with Gasteiger partial charge in [-0.2, -0.15) is 0 Å². The van der Waals surface area contributed by atoms with Crippen LogP contribution in [-0.2, 0) is 14.4 Å². The van der Waals surface area contributed by atoms with Gasteiger partial charge in [-0.3, -0.25) is 14.4 Å². The molecule has 2 N–H and O–H groups in total. The van der Waals surface area contributed by atoms with Crippen LogP contribution in [0, 0.1) is 5.92 Å². The fraction of sp³-hybridized carbons (Fsp3) is 0.812. The first-order valence-corrected chi connectivity index (χ1v) is 9.62. The van der Waals surface area contributed by atoms with Crippen LogP contribution in [0.25, 0.3) is 0 Å². The third-order valence-electron chi connectivity index (χ3n) is 4.58. The lowest BCUT2D eigenvalue weighted by Crippen LogP contribution is -2.39. The molecule has 130 valence electrons. The first-order chi connectivity index (χ1) is 11.1. The van der Waals surface area contributed by atoms with Crippen LogP contribution in [-0.4, -0.2) is 59.8 Å². The lowest BCUT2D eigenvalue weighted by molar-refractivity contribution is -0.129. The van der Waals surface area contributed by atoms with E-state index in [2.05, 4.69) is 10.6 Å². The lowest BCUT2D eigenvalue weighted by Gasteiger charge is -2.25. The van der Waals surface area contributed by atoms with E-state index in [1.165, 1.54) is 31.0 Å². The van der Waals surface area contributed by atoms with Gasteiger partial charge in [-0.05, 0) is 32.1 Å². The summed E-state index contributed by atoms with van der Waals surface area (Å²) in [4.78, 5) is 36.8. The number of nitrogens with zero attached hydrogens (tertiary/aromatic N) is 1. The van der Waals surface area contributed by atoms with Crippen molar-refractivity contribution in [2.75, 3.05) is 31.1 Å². The molecule has 0 radical (unpaired) electrons. The van der Waals surface area contributed by atoms with Crippen LogP contribution in [0.2, 0.25) is 0 Å². The largest absolute Gasteiger partial charge is 0.355 e. The van der Waals surface area contributed by atoms with Crippen LogP contribution >= 0.6 is 11.8 Å². The molecule has 1 atom stereocenters. The fourth-order valence-electron chi connectivity index (χ4n) is 2.83. The van der Waals surface area contributed by atoms with E-state index in [-0.39, 0.29) is 29.5 Å². The summed E-state index contributed by atoms with van der Waals surface area (Å²) in [5.74, 6) is 1.35. The highest BCUT2D eigenvalue weighted by Gasteiger charge is 2.26. The predicted molar refractivity (Wildman–Crippen MR) is 91.1 cm³/mol. The quantitative estimate of drug-likeness (QED) is 0.649. The minimum atomic E-state index is -0.0823. The van der Waals surface area contributed by atoms with Gasteiger partial charge in [-0.1, -0.05) is 6.42 Å². The number of thioether (sulfide) groups is 1. The summed E-state index contributed by atoms with van der Waals surface area (Å²) in [6, 6.07) is 0.271. The van der Waals surface area contributed by atoms with Crippen molar-refractivity contribution in [3.63, 3.8) is 0 Å². The summed E-state index contributed by atoms with van der Waals surface area (Å²) in [6.07, 6.45) is 5.22. The maximum absolute atomic E-state index is 11.7. The molecule has 1 aliphatic heterocycles. The third kappa shape index (κ3) is 6.05. The summed E-state index contributed by atoms with van der Waals surface area (Å²) in [6.45, 7) is 3.85. The van der Waals surface area contributed by atoms with Crippen molar-refractivity contribution in [3.8, 4) is 0 Å². The number of likely N-dealkylation sites (tertiary alicyclic amines) is 1. The average Bonchev–Trinajstić information content (AvgIpc) is 2.77. The molecule has 1 aliphatic carbocycles. The lowest BCUT2D eigenvalue weighted by atomic mass is 9.85. The van der Waals surface area contributed by atoms with E-state index in [0.717, 1.165) is 13.0 Å². The van der Waals surface area contributed by atoms with Crippen molar-refractivity contribution in [2.24, 2.45) is 5.92 Å². The van der Waals surface area contributed by atoms with Gasteiger partial charge < -0.3 is 15.5 Å². The van der Waals surface area contributed by atoms with Crippen molar-refractivity contribution in [3.05, 3.63) is 0 Å². The molecule has 1 heterocycles. The number of amides is 3. The van der Waals surface area contributed by atoms with E-state index in [4.69, 9.17) is 0 Å². The van der Waals surface area contributed by atoms with Gasteiger partial charge in [0.05, 0.1) is 11.5 Å². The van der Waals surface area contributed by atoms with Crippen molar-refractivity contribution in [1.82, 2.24) is 15.5 Å². The molecule has 2 aliphatic rings. The Hall–Kier alpha value is -1.24. The van der Waals surface area contributed by atoms with E-state index < -0.39 is 0 Å². The Labute approximate surface area is 142 Å². The van der Waals surface area contributed by atoms with Gasteiger partial charge in [0.15, 0.2) is 0 Å². The topological polar surface area (TPSA) is 78.5 Å². The monoisotopic (exact) mass is 341 g/mol. The molecule has 1 saturated heterocycles. The van der Waals surface area contributed by atoms with Gasteiger partial charge in [0.2, 0.25) is 17.7 Å². The minimum Gasteiger partial charge on any atom is -0.355 e. The average molecular weight is 341 g/mol. The fourth-order valence-corrected chi connectivity index (χ4v) is 3.51. The molecule has 3 amide bonds. The smallest absolute Gasteiger partial charge is 0.230 e. The van der Waals surface area contributed by atoms with Gasteiger partial charge >= 0.3 is 0 Å². The molecule has 0 unspecified atom stereocenters. The number of nitrogens with one attached hydrogen (secondary N) is 2. The van der Waals surface area contributed by atoms with E-state index >= 15 is 0 Å². The van der Waals surface area contributed by atoms with Gasteiger partial charge in [0.1, 0.15) is 0 Å². The second-order valence-corrected chi connectivity index (χ2v) is 7.40. The molecule has 0 aromatic rings. The maximum atomic E-state index is 11.7. The number of carbonyl (C=O) groups is 3. The Morgan fingerprint density at radius 3 is 2.43 bits per heavy atom. The number of hydrogen-bond acceptors (Lipinski definition) is 4. The highest BCUT2D eigenvalue weighted by molar-refractivity contribution is 8.00. The molecule has 0 aromatic carbocycles. The number of rotatable bonds is 9. The summed E-state index contributed by atoms with van der Waals surface area (Å²) < 4.78 is 0. The summed E-state index contributed by atoms with van der Waals surface area (Å²) >= 11 is 1.33. The zero-order chi connectivity index (χ0) is 16.7. The first-order valence-electron chi connectivity index (χ1n) is 8.47. The molecule has 2 fully saturated rings. The zero-order valence-corrected chi connectivity index (χ0v) is 14.6. The van der Waals surface area contributed by atoms with Crippen molar-refractivity contribution in [1.29, 1.82) is 0 Å². The van der Waals surface area contributed by atoms with Crippen molar-refractivity contribution in [2.45, 2.75) is 45.1 Å². The van der Waals surface area contributed by atoms with Gasteiger partial charge in [-0.15, -0.1) is 11.8 Å². The van der Waals surface area contributed by atoms with Crippen molar-refractivity contribution < 1.29 is 14.4 Å². The molecular formula is C16H27N3O3S. The molecule has 2 rings (SSSR count). The minimum absolute atomic E-state index is 0.00573. The second-order valence-electron chi connectivity index (χ2n) is 6.42. The molecule has 0 bridgehead atoms. The molecule has 23 heavy (non-hydrogen) atoms. The normalized spacial score (nSPS) is 21.2. The first kappa shape index (κ1) is 18.1. The highest BCUT2D eigenvalue weighted by atomic mass is 32.2. The van der Waals surface area contributed by atoms with Crippen LogP contribution in [0.15, 0.2) is 0 Å². The molecular weight excluding hydrogens is 314 g/mol. The number of carbonyl (C=O) groups excluding carboxylic acids is 3. The van der Waals surface area contributed by atoms with Crippen LogP contribution < -0.4 is 10.6 Å². The maximum Gasteiger partial charge on any atom is 0.230 e. The zero-order valence-electron chi connectivity index (χ0n) is 13.8. The summed E-state index contributed by atoms with van der Waals surface area (Å²) in [5, 5.41) is 5.72. The van der Waals surface area contributed by atoms with Crippen LogP contribution in [0.1, 0.15) is 39.0 Å². The highest BCUT2D eigenvalue weighted by Crippen LogP contribution is 2.25. The second kappa shape index (κ2) is 9.15. The van der Waals surface area contributed by atoms with E-state index in [1.54, 1.807) is 0 Å². The van der Waals surface area contributed by atoms with E-state index in [0.29, 0.717) is 31.2 Å². The molecule has 0 aromatic heterocycles. The Bertz CT molecular complexity index is 440. The van der Waals surface area contributed by atoms with E-state index in [9.17, 15) is 14.4 Å². The van der Waals surface area contributed by atoms with Crippen molar-refractivity contribution >= 4 is 29.5 Å². The molecule has 6 nitrogen and oxygen atoms in total. The van der Waals surface area contributed by atoms with Crippen LogP contribution in [0.5, 0.6) is 0 Å². The molecule has 1 saturated carbocycles. The Morgan fingerprint density at radius 1 is 1.17 bits per heavy atom. The van der Waals surface area contributed by atoms with Crippen LogP contribution in [0.4, 0.5) is 0 Å². The van der Waals surface area contributed by atoms with Gasteiger partial charge in [-0.25, -0.2) is 0 Å². The Morgan fingerprint density at radius 2 is 1.87 bits per heavy atom. The third-order valence-corrected chi connectivity index (χ3v) is 5.51. The summed E-state index contributed by atoms with van der Waals surface area (Å²) in [5.41, 5.74) is 0. The van der Waals surface area contributed by atoms with Gasteiger partial charge in [0.25, 0.3) is 0 Å². The SMILES string of the molecule is C[C@H]1CCC(=O)N1CCNC(=O)CSCC(=O)NCC1CCC1.